The number of rotatable bonds is 1. The number of thiol groups is 1. The van der Waals surface area contributed by atoms with Crippen molar-refractivity contribution in [1.82, 2.24) is 4.90 Å². The molecular formula is C7H11NO3S. The second kappa shape index (κ2) is 3.80. The van der Waals surface area contributed by atoms with Gasteiger partial charge in [0.25, 0.3) is 5.24 Å². The van der Waals surface area contributed by atoms with Gasteiger partial charge in [-0.2, -0.15) is 0 Å². The summed E-state index contributed by atoms with van der Waals surface area (Å²) in [5.41, 5.74) is 0. The second-order valence-electron chi connectivity index (χ2n) is 2.74. The molecule has 1 saturated heterocycles. The smallest absolute Gasteiger partial charge is 0.310 e. The first-order valence-electron chi connectivity index (χ1n) is 3.71. The van der Waals surface area contributed by atoms with Crippen molar-refractivity contribution >= 4 is 23.8 Å². The van der Waals surface area contributed by atoms with E-state index in [0.717, 1.165) is 0 Å². The molecule has 0 unspecified atom stereocenters. The molecule has 4 nitrogen and oxygen atoms in total. The number of carbonyl (C=O) groups is 2. The molecule has 0 aromatic carbocycles. The van der Waals surface area contributed by atoms with Crippen LogP contribution in [0.4, 0.5) is 4.79 Å². The molecule has 0 saturated carbocycles. The Hall–Kier alpha value is -0.710. The van der Waals surface area contributed by atoms with E-state index in [1.54, 1.807) is 0 Å². The summed E-state index contributed by atoms with van der Waals surface area (Å²) in [6.07, 6.45) is 0.680. The number of carbonyl (C=O) groups excluding carboxylic acids is 2. The van der Waals surface area contributed by atoms with Crippen molar-refractivity contribution in [1.29, 1.82) is 0 Å². The van der Waals surface area contributed by atoms with Crippen LogP contribution in [0.15, 0.2) is 0 Å². The normalized spacial score (nSPS) is 22.5. The Morgan fingerprint density at radius 2 is 2.25 bits per heavy atom. The first kappa shape index (κ1) is 9.38. The maximum Gasteiger partial charge on any atom is 0.310 e. The lowest BCUT2D eigenvalue weighted by Gasteiger charge is -2.11. The highest BCUT2D eigenvalue weighted by Crippen LogP contribution is 2.18. The minimum absolute atomic E-state index is 0.161. The van der Waals surface area contributed by atoms with Crippen LogP contribution in [-0.4, -0.2) is 36.3 Å². The number of likely N-dealkylation sites (tertiary alicyclic amines) is 1. The van der Waals surface area contributed by atoms with E-state index in [-0.39, 0.29) is 17.1 Å². The van der Waals surface area contributed by atoms with Gasteiger partial charge in [0.15, 0.2) is 0 Å². The van der Waals surface area contributed by atoms with Gasteiger partial charge >= 0.3 is 5.97 Å². The number of hydrogen-bond acceptors (Lipinski definition) is 3. The third-order valence-corrected chi connectivity index (χ3v) is 2.28. The molecule has 1 fully saturated rings. The van der Waals surface area contributed by atoms with Crippen molar-refractivity contribution in [3.8, 4) is 0 Å². The van der Waals surface area contributed by atoms with E-state index in [9.17, 15) is 9.59 Å². The van der Waals surface area contributed by atoms with E-state index in [2.05, 4.69) is 17.4 Å². The van der Waals surface area contributed by atoms with Gasteiger partial charge in [0.05, 0.1) is 13.0 Å². The second-order valence-corrected chi connectivity index (χ2v) is 3.12. The van der Waals surface area contributed by atoms with Gasteiger partial charge in [0.1, 0.15) is 0 Å². The molecule has 0 aromatic rings. The number of amides is 1. The zero-order chi connectivity index (χ0) is 9.14. The van der Waals surface area contributed by atoms with Gasteiger partial charge in [-0.25, -0.2) is 0 Å². The molecule has 12 heavy (non-hydrogen) atoms. The number of ether oxygens (including phenoxy) is 1. The van der Waals surface area contributed by atoms with Gasteiger partial charge in [0.2, 0.25) is 0 Å². The minimum atomic E-state index is -0.276. The Morgan fingerprint density at radius 3 is 2.67 bits per heavy atom. The van der Waals surface area contributed by atoms with Crippen LogP contribution in [0.25, 0.3) is 0 Å². The Kier molecular flexibility index (Phi) is 2.97. The summed E-state index contributed by atoms with van der Waals surface area (Å²) in [5, 5.41) is -0.276. The Morgan fingerprint density at radius 1 is 1.58 bits per heavy atom. The summed E-state index contributed by atoms with van der Waals surface area (Å²) < 4.78 is 4.56. The van der Waals surface area contributed by atoms with Crippen molar-refractivity contribution < 1.29 is 14.3 Å². The predicted molar refractivity (Wildman–Crippen MR) is 46.1 cm³/mol. The number of nitrogens with zero attached hydrogens (tertiary/aromatic N) is 1. The predicted octanol–water partition coefficient (Wildman–Crippen LogP) is 0.531. The molecule has 0 N–H and O–H groups in total. The van der Waals surface area contributed by atoms with Crippen LogP contribution < -0.4 is 0 Å². The highest BCUT2D eigenvalue weighted by Gasteiger charge is 2.30. The van der Waals surface area contributed by atoms with Crippen molar-refractivity contribution in [2.75, 3.05) is 20.2 Å². The molecule has 1 aliphatic heterocycles. The summed E-state index contributed by atoms with van der Waals surface area (Å²) in [4.78, 5) is 23.3. The largest absolute Gasteiger partial charge is 0.469 e. The van der Waals surface area contributed by atoms with Gasteiger partial charge in [0, 0.05) is 13.1 Å². The SMILES string of the molecule is COC(=O)[C@H]1CCN(C(=O)S)C1. The van der Waals surface area contributed by atoms with E-state index in [4.69, 9.17) is 0 Å². The molecule has 0 bridgehead atoms. The van der Waals surface area contributed by atoms with Crippen LogP contribution in [0.3, 0.4) is 0 Å². The van der Waals surface area contributed by atoms with Gasteiger partial charge in [-0.1, -0.05) is 12.6 Å². The summed E-state index contributed by atoms with van der Waals surface area (Å²) in [6, 6.07) is 0. The maximum absolute atomic E-state index is 11.0. The van der Waals surface area contributed by atoms with Crippen LogP contribution in [0.1, 0.15) is 6.42 Å². The fraction of sp³-hybridized carbons (Fsp3) is 0.714. The highest BCUT2D eigenvalue weighted by molar-refractivity contribution is 7.96. The minimum Gasteiger partial charge on any atom is -0.469 e. The van der Waals surface area contributed by atoms with E-state index in [0.29, 0.717) is 19.5 Å². The van der Waals surface area contributed by atoms with E-state index in [1.807, 2.05) is 0 Å². The molecule has 1 amide bonds. The van der Waals surface area contributed by atoms with Crippen molar-refractivity contribution in [3.63, 3.8) is 0 Å². The average molecular weight is 189 g/mol. The lowest BCUT2D eigenvalue weighted by atomic mass is 10.1. The monoisotopic (exact) mass is 189 g/mol. The third-order valence-electron chi connectivity index (χ3n) is 1.99. The van der Waals surface area contributed by atoms with Gasteiger partial charge in [-0.3, -0.25) is 9.59 Å². The van der Waals surface area contributed by atoms with E-state index >= 15 is 0 Å². The molecule has 0 aromatic heterocycles. The molecule has 1 aliphatic rings. The number of methoxy groups -OCH3 is 1. The number of esters is 1. The average Bonchev–Trinajstić information content (AvgIpc) is 2.51. The summed E-state index contributed by atoms with van der Waals surface area (Å²) in [6.45, 7) is 1.04. The third kappa shape index (κ3) is 1.91. The quantitative estimate of drug-likeness (QED) is 0.483. The van der Waals surface area contributed by atoms with Crippen molar-refractivity contribution in [2.45, 2.75) is 6.42 Å². The van der Waals surface area contributed by atoms with Crippen LogP contribution in [0.2, 0.25) is 0 Å². The Balaban J connectivity index is 2.45. The summed E-state index contributed by atoms with van der Waals surface area (Å²) in [5.74, 6) is -0.404. The van der Waals surface area contributed by atoms with Crippen LogP contribution in [-0.2, 0) is 9.53 Å². The fourth-order valence-corrected chi connectivity index (χ4v) is 1.47. The Labute approximate surface area is 76.3 Å². The summed E-state index contributed by atoms with van der Waals surface area (Å²) in [7, 11) is 1.35. The molecule has 0 aliphatic carbocycles. The Bertz CT molecular complexity index is 207. The molecule has 1 rings (SSSR count). The topological polar surface area (TPSA) is 46.6 Å². The van der Waals surface area contributed by atoms with Gasteiger partial charge in [-0.15, -0.1) is 0 Å². The highest BCUT2D eigenvalue weighted by atomic mass is 32.1. The van der Waals surface area contributed by atoms with Gasteiger partial charge in [-0.05, 0) is 6.42 Å². The maximum atomic E-state index is 11.0. The molecule has 0 spiro atoms. The van der Waals surface area contributed by atoms with Crippen molar-refractivity contribution in [2.24, 2.45) is 5.92 Å². The lowest BCUT2D eigenvalue weighted by Crippen LogP contribution is -2.25. The molecule has 5 heteroatoms. The summed E-state index contributed by atoms with van der Waals surface area (Å²) >= 11 is 3.67. The molecular weight excluding hydrogens is 178 g/mol. The van der Waals surface area contributed by atoms with E-state index < -0.39 is 0 Å². The molecule has 68 valence electrons. The zero-order valence-electron chi connectivity index (χ0n) is 6.82. The van der Waals surface area contributed by atoms with Gasteiger partial charge < -0.3 is 9.64 Å². The standard InChI is InChI=1S/C7H11NO3S/c1-11-6(9)5-2-3-8(4-5)7(10)12/h5H,2-4H2,1H3,(H,10,12)/t5-/m0/s1. The van der Waals surface area contributed by atoms with Crippen LogP contribution >= 0.6 is 12.6 Å². The molecule has 0 radical (unpaired) electrons. The van der Waals surface area contributed by atoms with Crippen LogP contribution in [0, 0.1) is 5.92 Å². The first-order chi connectivity index (χ1) is 5.65. The van der Waals surface area contributed by atoms with Crippen LogP contribution in [0.5, 0.6) is 0 Å². The first-order valence-corrected chi connectivity index (χ1v) is 4.15. The lowest BCUT2D eigenvalue weighted by molar-refractivity contribution is -0.144. The van der Waals surface area contributed by atoms with E-state index in [1.165, 1.54) is 12.0 Å². The molecule has 1 atom stereocenters. The molecule has 1 heterocycles. The fourth-order valence-electron chi connectivity index (χ4n) is 1.29. The zero-order valence-corrected chi connectivity index (χ0v) is 7.71. The number of hydrogen-bond donors (Lipinski definition) is 1. The van der Waals surface area contributed by atoms with Crippen molar-refractivity contribution in [3.05, 3.63) is 0 Å².